The zero-order valence-electron chi connectivity index (χ0n) is 15.6. The maximum atomic E-state index is 10.7. The molecule has 1 amide bonds. The van der Waals surface area contributed by atoms with Crippen molar-refractivity contribution >= 4 is 17.7 Å². The minimum atomic E-state index is -1.15. The van der Waals surface area contributed by atoms with Crippen molar-refractivity contribution in [1.82, 2.24) is 19.9 Å². The Morgan fingerprint density at radius 2 is 1.93 bits per heavy atom. The molecule has 0 bridgehead atoms. The molecule has 9 heteroatoms. The highest BCUT2D eigenvalue weighted by Gasteiger charge is 2.16. The van der Waals surface area contributed by atoms with Gasteiger partial charge in [0, 0.05) is 49.8 Å². The molecule has 0 saturated carbocycles. The summed E-state index contributed by atoms with van der Waals surface area (Å²) in [5.41, 5.74) is 1.61. The molecule has 1 aliphatic rings. The standard InChI is InChI=1S/C19H22N6O3/c1-14(25-4-6-28-7-5-25)9-21-18-22-11-16(12-23-18)3-2-15-8-17(13-20-10-15)24-19(26)27/h8,10-14,24H,4-7,9H2,1H3,(H,26,27)(H,21,22,23). The van der Waals surface area contributed by atoms with E-state index in [1.165, 1.54) is 6.20 Å². The largest absolute Gasteiger partial charge is 0.465 e. The summed E-state index contributed by atoms with van der Waals surface area (Å²) >= 11 is 0. The van der Waals surface area contributed by atoms with Gasteiger partial charge in [0.2, 0.25) is 5.95 Å². The number of anilines is 2. The number of nitrogens with one attached hydrogen (secondary N) is 2. The van der Waals surface area contributed by atoms with Crippen LogP contribution in [0, 0.1) is 11.8 Å². The van der Waals surface area contributed by atoms with Crippen LogP contribution >= 0.6 is 0 Å². The molecule has 2 aromatic heterocycles. The number of morpholine rings is 1. The maximum Gasteiger partial charge on any atom is 0.409 e. The van der Waals surface area contributed by atoms with Crippen LogP contribution in [0.3, 0.4) is 0 Å². The highest BCUT2D eigenvalue weighted by molar-refractivity contribution is 5.82. The quantitative estimate of drug-likeness (QED) is 0.667. The van der Waals surface area contributed by atoms with Crippen molar-refractivity contribution in [3.63, 3.8) is 0 Å². The predicted octanol–water partition coefficient (Wildman–Crippen LogP) is 1.49. The number of carboxylic acid groups (broad SMARTS) is 1. The van der Waals surface area contributed by atoms with E-state index in [0.717, 1.165) is 32.8 Å². The van der Waals surface area contributed by atoms with E-state index in [1.807, 2.05) is 0 Å². The Balaban J connectivity index is 1.55. The summed E-state index contributed by atoms with van der Waals surface area (Å²) in [6.45, 7) is 6.35. The Bertz CT molecular complexity index is 856. The monoisotopic (exact) mass is 382 g/mol. The molecule has 0 radical (unpaired) electrons. The van der Waals surface area contributed by atoms with Gasteiger partial charge in [-0.2, -0.15) is 0 Å². The normalized spacial score (nSPS) is 15.2. The predicted molar refractivity (Wildman–Crippen MR) is 104 cm³/mol. The van der Waals surface area contributed by atoms with Crippen molar-refractivity contribution < 1.29 is 14.6 Å². The molecule has 9 nitrogen and oxygen atoms in total. The molecule has 28 heavy (non-hydrogen) atoms. The van der Waals surface area contributed by atoms with E-state index in [2.05, 4.69) is 49.3 Å². The Hall–Kier alpha value is -3.22. The molecule has 146 valence electrons. The van der Waals surface area contributed by atoms with Crippen molar-refractivity contribution in [3.05, 3.63) is 42.0 Å². The van der Waals surface area contributed by atoms with E-state index in [4.69, 9.17) is 9.84 Å². The first-order valence-electron chi connectivity index (χ1n) is 8.95. The molecule has 0 aromatic carbocycles. The summed E-state index contributed by atoms with van der Waals surface area (Å²) in [5.74, 6) is 6.42. The van der Waals surface area contributed by atoms with E-state index < -0.39 is 6.09 Å². The van der Waals surface area contributed by atoms with Crippen LogP contribution in [0.15, 0.2) is 30.9 Å². The average molecular weight is 382 g/mol. The van der Waals surface area contributed by atoms with Crippen LogP contribution in [0.4, 0.5) is 16.4 Å². The lowest BCUT2D eigenvalue weighted by Crippen LogP contribution is -2.45. The van der Waals surface area contributed by atoms with E-state index in [9.17, 15) is 4.79 Å². The van der Waals surface area contributed by atoms with Crippen molar-refractivity contribution in [2.24, 2.45) is 0 Å². The zero-order chi connectivity index (χ0) is 19.8. The average Bonchev–Trinajstić information content (AvgIpc) is 2.72. The fourth-order valence-electron chi connectivity index (χ4n) is 2.71. The van der Waals surface area contributed by atoms with Crippen LogP contribution in [0.2, 0.25) is 0 Å². The van der Waals surface area contributed by atoms with Crippen molar-refractivity contribution in [2.75, 3.05) is 43.5 Å². The lowest BCUT2D eigenvalue weighted by molar-refractivity contribution is 0.0227. The van der Waals surface area contributed by atoms with Crippen LogP contribution in [-0.2, 0) is 4.74 Å². The maximum absolute atomic E-state index is 10.7. The second-order valence-electron chi connectivity index (χ2n) is 6.32. The van der Waals surface area contributed by atoms with E-state index in [0.29, 0.717) is 28.8 Å². The third-order valence-electron chi connectivity index (χ3n) is 4.22. The number of aromatic nitrogens is 3. The van der Waals surface area contributed by atoms with Crippen LogP contribution in [0.25, 0.3) is 0 Å². The van der Waals surface area contributed by atoms with Crippen LogP contribution < -0.4 is 10.6 Å². The third kappa shape index (κ3) is 5.90. The van der Waals surface area contributed by atoms with Gasteiger partial charge in [-0.1, -0.05) is 11.8 Å². The lowest BCUT2D eigenvalue weighted by atomic mass is 10.2. The molecule has 1 saturated heterocycles. The Morgan fingerprint density at radius 3 is 2.64 bits per heavy atom. The van der Waals surface area contributed by atoms with Gasteiger partial charge in [-0.15, -0.1) is 0 Å². The third-order valence-corrected chi connectivity index (χ3v) is 4.22. The first-order chi connectivity index (χ1) is 13.6. The van der Waals surface area contributed by atoms with Gasteiger partial charge in [-0.05, 0) is 13.0 Å². The van der Waals surface area contributed by atoms with E-state index in [1.54, 1.807) is 24.7 Å². The Kier molecular flexibility index (Phi) is 6.73. The lowest BCUT2D eigenvalue weighted by Gasteiger charge is -2.32. The molecular weight excluding hydrogens is 360 g/mol. The van der Waals surface area contributed by atoms with Gasteiger partial charge in [-0.3, -0.25) is 15.2 Å². The van der Waals surface area contributed by atoms with Crippen molar-refractivity contribution in [1.29, 1.82) is 0 Å². The first-order valence-corrected chi connectivity index (χ1v) is 8.95. The van der Waals surface area contributed by atoms with Gasteiger partial charge in [0.15, 0.2) is 0 Å². The molecule has 1 aliphatic heterocycles. The molecule has 1 atom stereocenters. The smallest absolute Gasteiger partial charge is 0.409 e. The summed E-state index contributed by atoms with van der Waals surface area (Å²) in [6.07, 6.45) is 5.12. The highest BCUT2D eigenvalue weighted by Crippen LogP contribution is 2.08. The zero-order valence-corrected chi connectivity index (χ0v) is 15.6. The molecule has 0 spiro atoms. The van der Waals surface area contributed by atoms with Crippen LogP contribution in [-0.4, -0.2) is 69.9 Å². The van der Waals surface area contributed by atoms with Crippen LogP contribution in [0.1, 0.15) is 18.1 Å². The fourth-order valence-corrected chi connectivity index (χ4v) is 2.71. The number of ether oxygens (including phenoxy) is 1. The number of nitrogens with zero attached hydrogens (tertiary/aromatic N) is 4. The molecule has 1 unspecified atom stereocenters. The summed E-state index contributed by atoms with van der Waals surface area (Å²) in [4.78, 5) is 25.6. The van der Waals surface area contributed by atoms with Gasteiger partial charge >= 0.3 is 6.09 Å². The van der Waals surface area contributed by atoms with Gasteiger partial charge < -0.3 is 15.2 Å². The van der Waals surface area contributed by atoms with Gasteiger partial charge in [0.05, 0.1) is 30.7 Å². The number of amides is 1. The summed E-state index contributed by atoms with van der Waals surface area (Å²) in [6, 6.07) is 1.98. The van der Waals surface area contributed by atoms with Crippen LogP contribution in [0.5, 0.6) is 0 Å². The summed E-state index contributed by atoms with van der Waals surface area (Å²) in [7, 11) is 0. The molecule has 3 heterocycles. The van der Waals surface area contributed by atoms with Gasteiger partial charge in [-0.25, -0.2) is 14.8 Å². The number of pyridine rings is 1. The molecular formula is C19H22N6O3. The number of hydrogen-bond donors (Lipinski definition) is 3. The molecule has 0 aliphatic carbocycles. The number of carbonyl (C=O) groups is 1. The fraction of sp³-hybridized carbons (Fsp3) is 0.368. The minimum Gasteiger partial charge on any atom is -0.465 e. The minimum absolute atomic E-state index is 0.365. The number of hydrogen-bond acceptors (Lipinski definition) is 7. The van der Waals surface area contributed by atoms with Gasteiger partial charge in [0.25, 0.3) is 0 Å². The van der Waals surface area contributed by atoms with E-state index in [-0.39, 0.29) is 0 Å². The highest BCUT2D eigenvalue weighted by atomic mass is 16.5. The van der Waals surface area contributed by atoms with E-state index >= 15 is 0 Å². The second-order valence-corrected chi connectivity index (χ2v) is 6.32. The Morgan fingerprint density at radius 1 is 1.21 bits per heavy atom. The summed E-state index contributed by atoms with van der Waals surface area (Å²) < 4.78 is 5.37. The van der Waals surface area contributed by atoms with Crippen molar-refractivity contribution in [3.8, 4) is 11.8 Å². The van der Waals surface area contributed by atoms with Gasteiger partial charge in [0.1, 0.15) is 0 Å². The SMILES string of the molecule is CC(CNc1ncc(C#Cc2cncc(NC(=O)O)c2)cn1)N1CCOCC1. The number of rotatable bonds is 5. The Labute approximate surface area is 163 Å². The molecule has 3 rings (SSSR count). The molecule has 1 fully saturated rings. The molecule has 3 N–H and O–H groups in total. The molecule has 2 aromatic rings. The summed E-state index contributed by atoms with van der Waals surface area (Å²) in [5, 5.41) is 14.2. The second kappa shape index (κ2) is 9.64. The first kappa shape index (κ1) is 19.5. The van der Waals surface area contributed by atoms with Crippen molar-refractivity contribution in [2.45, 2.75) is 13.0 Å². The topological polar surface area (TPSA) is 112 Å².